The molecular formula is C17H24N4O. The average Bonchev–Trinajstić information content (AvgIpc) is 3.04. The van der Waals surface area contributed by atoms with Crippen LogP contribution >= 0.6 is 0 Å². The van der Waals surface area contributed by atoms with Crippen molar-refractivity contribution in [2.45, 2.75) is 13.0 Å². The van der Waals surface area contributed by atoms with Gasteiger partial charge < -0.3 is 20.0 Å². The van der Waals surface area contributed by atoms with E-state index >= 15 is 0 Å². The molecule has 0 saturated carbocycles. The Bertz CT molecular complexity index is 590. The molecule has 1 aromatic carbocycles. The van der Waals surface area contributed by atoms with Crippen molar-refractivity contribution in [2.24, 2.45) is 4.99 Å². The fraction of sp³-hybridized carbons (Fsp3) is 0.353. The lowest BCUT2D eigenvalue weighted by Gasteiger charge is -2.15. The second-order valence-corrected chi connectivity index (χ2v) is 5.25. The van der Waals surface area contributed by atoms with Crippen LogP contribution in [0, 0.1) is 0 Å². The van der Waals surface area contributed by atoms with Gasteiger partial charge in [-0.1, -0.05) is 12.1 Å². The summed E-state index contributed by atoms with van der Waals surface area (Å²) in [7, 11) is 5.86. The quantitative estimate of drug-likeness (QED) is 0.635. The van der Waals surface area contributed by atoms with Crippen molar-refractivity contribution >= 4 is 11.6 Å². The summed E-state index contributed by atoms with van der Waals surface area (Å²) in [6.07, 6.45) is 2.53. The predicted molar refractivity (Wildman–Crippen MR) is 91.4 cm³/mol. The van der Waals surface area contributed by atoms with Gasteiger partial charge in [0.25, 0.3) is 0 Å². The van der Waals surface area contributed by atoms with Gasteiger partial charge in [-0.05, 0) is 29.8 Å². The van der Waals surface area contributed by atoms with E-state index in [0.717, 1.165) is 31.2 Å². The number of nitrogens with zero attached hydrogens (tertiary/aromatic N) is 2. The van der Waals surface area contributed by atoms with Crippen LogP contribution in [-0.2, 0) is 13.0 Å². The van der Waals surface area contributed by atoms with Gasteiger partial charge in [-0.2, -0.15) is 0 Å². The lowest BCUT2D eigenvalue weighted by Crippen LogP contribution is -2.37. The maximum absolute atomic E-state index is 5.31. The van der Waals surface area contributed by atoms with Crippen LogP contribution in [0.1, 0.15) is 11.3 Å². The minimum atomic E-state index is 0.738. The highest BCUT2D eigenvalue weighted by molar-refractivity contribution is 5.79. The fourth-order valence-electron chi connectivity index (χ4n) is 2.11. The zero-order valence-corrected chi connectivity index (χ0v) is 13.5. The van der Waals surface area contributed by atoms with Gasteiger partial charge >= 0.3 is 0 Å². The summed E-state index contributed by atoms with van der Waals surface area (Å²) in [5.41, 5.74) is 2.42. The van der Waals surface area contributed by atoms with E-state index in [0.29, 0.717) is 0 Å². The monoisotopic (exact) mass is 300 g/mol. The summed E-state index contributed by atoms with van der Waals surface area (Å²) in [4.78, 5) is 6.33. The van der Waals surface area contributed by atoms with Crippen molar-refractivity contribution in [1.82, 2.24) is 10.6 Å². The number of anilines is 1. The molecule has 2 N–H and O–H groups in total. The molecule has 0 radical (unpaired) electrons. The molecule has 0 bridgehead atoms. The summed E-state index contributed by atoms with van der Waals surface area (Å²) in [5.74, 6) is 1.77. The topological polar surface area (TPSA) is 52.8 Å². The molecule has 2 rings (SSSR count). The lowest BCUT2D eigenvalue weighted by atomic mass is 10.2. The Kier molecular flexibility index (Phi) is 5.89. The number of nitrogens with one attached hydrogen (secondary N) is 2. The summed E-state index contributed by atoms with van der Waals surface area (Å²) < 4.78 is 5.31. The Hall–Kier alpha value is -2.43. The highest BCUT2D eigenvalue weighted by Gasteiger charge is 2.01. The molecule has 0 amide bonds. The van der Waals surface area contributed by atoms with E-state index in [1.165, 1.54) is 11.3 Å². The molecule has 1 heterocycles. The van der Waals surface area contributed by atoms with E-state index in [-0.39, 0.29) is 0 Å². The second-order valence-electron chi connectivity index (χ2n) is 5.25. The van der Waals surface area contributed by atoms with Crippen LogP contribution in [-0.4, -0.2) is 33.6 Å². The van der Waals surface area contributed by atoms with Crippen LogP contribution in [0.3, 0.4) is 0 Å². The molecule has 22 heavy (non-hydrogen) atoms. The largest absolute Gasteiger partial charge is 0.469 e. The van der Waals surface area contributed by atoms with Gasteiger partial charge in [0.15, 0.2) is 5.96 Å². The van der Waals surface area contributed by atoms with E-state index in [2.05, 4.69) is 44.8 Å². The average molecular weight is 300 g/mol. The number of hydrogen-bond donors (Lipinski definition) is 2. The van der Waals surface area contributed by atoms with Gasteiger partial charge in [0, 0.05) is 46.3 Å². The third kappa shape index (κ3) is 4.84. The van der Waals surface area contributed by atoms with Crippen molar-refractivity contribution in [2.75, 3.05) is 32.6 Å². The normalized spacial score (nSPS) is 11.3. The Morgan fingerprint density at radius 3 is 2.73 bits per heavy atom. The standard InChI is InChI=1S/C17H24N4O/c1-18-17(19-10-9-16-8-5-11-22-16)20-13-14-6-4-7-15(12-14)21(2)3/h4-8,11-12H,9-10,13H2,1-3H3,(H2,18,19,20). The van der Waals surface area contributed by atoms with Crippen LogP contribution in [0.2, 0.25) is 0 Å². The molecule has 1 aromatic heterocycles. The first-order valence-corrected chi connectivity index (χ1v) is 7.42. The summed E-state index contributed by atoms with van der Waals surface area (Å²) >= 11 is 0. The van der Waals surface area contributed by atoms with E-state index in [1.54, 1.807) is 13.3 Å². The molecule has 0 aliphatic carbocycles. The lowest BCUT2D eigenvalue weighted by molar-refractivity contribution is 0.507. The number of rotatable bonds is 6. The van der Waals surface area contributed by atoms with E-state index in [9.17, 15) is 0 Å². The number of hydrogen-bond acceptors (Lipinski definition) is 3. The van der Waals surface area contributed by atoms with E-state index in [1.807, 2.05) is 26.2 Å². The molecule has 0 saturated heterocycles. The maximum Gasteiger partial charge on any atom is 0.191 e. The molecule has 5 nitrogen and oxygen atoms in total. The maximum atomic E-state index is 5.31. The Labute approximate surface area is 132 Å². The smallest absolute Gasteiger partial charge is 0.191 e. The summed E-state index contributed by atoms with van der Waals surface area (Å²) in [5, 5.41) is 6.61. The fourth-order valence-corrected chi connectivity index (χ4v) is 2.11. The molecule has 0 aliphatic heterocycles. The third-order valence-electron chi connectivity index (χ3n) is 3.35. The Morgan fingerprint density at radius 2 is 2.05 bits per heavy atom. The van der Waals surface area contributed by atoms with Gasteiger partial charge in [-0.15, -0.1) is 0 Å². The van der Waals surface area contributed by atoms with Crippen molar-refractivity contribution in [3.05, 3.63) is 54.0 Å². The minimum absolute atomic E-state index is 0.738. The van der Waals surface area contributed by atoms with E-state index in [4.69, 9.17) is 4.42 Å². The SMILES string of the molecule is CN=C(NCCc1ccco1)NCc1cccc(N(C)C)c1. The molecule has 2 aromatic rings. The van der Waals surface area contributed by atoms with Crippen LogP contribution in [0.5, 0.6) is 0 Å². The van der Waals surface area contributed by atoms with Gasteiger partial charge in [-0.25, -0.2) is 0 Å². The van der Waals surface area contributed by atoms with Crippen molar-refractivity contribution in [3.63, 3.8) is 0 Å². The number of aliphatic imine (C=N–C) groups is 1. The zero-order chi connectivity index (χ0) is 15.8. The number of furan rings is 1. The van der Waals surface area contributed by atoms with Gasteiger partial charge in [0.1, 0.15) is 5.76 Å². The van der Waals surface area contributed by atoms with Crippen LogP contribution in [0.25, 0.3) is 0 Å². The molecule has 118 valence electrons. The van der Waals surface area contributed by atoms with Crippen LogP contribution in [0.15, 0.2) is 52.1 Å². The molecule has 0 aliphatic rings. The van der Waals surface area contributed by atoms with Crippen LogP contribution in [0.4, 0.5) is 5.69 Å². The molecular weight excluding hydrogens is 276 g/mol. The molecule has 0 unspecified atom stereocenters. The van der Waals surface area contributed by atoms with E-state index < -0.39 is 0 Å². The van der Waals surface area contributed by atoms with Gasteiger partial charge in [0.05, 0.1) is 6.26 Å². The third-order valence-corrected chi connectivity index (χ3v) is 3.35. The highest BCUT2D eigenvalue weighted by atomic mass is 16.3. The Morgan fingerprint density at radius 1 is 1.18 bits per heavy atom. The second kappa shape index (κ2) is 8.12. The predicted octanol–water partition coefficient (Wildman–Crippen LogP) is 2.25. The summed E-state index contributed by atoms with van der Waals surface area (Å²) in [6.45, 7) is 1.52. The zero-order valence-electron chi connectivity index (χ0n) is 13.5. The molecule has 0 spiro atoms. The van der Waals surface area contributed by atoms with Crippen molar-refractivity contribution < 1.29 is 4.42 Å². The van der Waals surface area contributed by atoms with Gasteiger partial charge in [0.2, 0.25) is 0 Å². The first-order valence-electron chi connectivity index (χ1n) is 7.42. The van der Waals surface area contributed by atoms with Crippen molar-refractivity contribution in [1.29, 1.82) is 0 Å². The van der Waals surface area contributed by atoms with Crippen molar-refractivity contribution in [3.8, 4) is 0 Å². The highest BCUT2D eigenvalue weighted by Crippen LogP contribution is 2.12. The number of guanidine groups is 1. The molecule has 5 heteroatoms. The Balaban J connectivity index is 1.79. The van der Waals surface area contributed by atoms with Gasteiger partial charge in [-0.3, -0.25) is 4.99 Å². The first kappa shape index (κ1) is 15.9. The molecule has 0 atom stereocenters. The molecule has 0 fully saturated rings. The van der Waals surface area contributed by atoms with Crippen LogP contribution < -0.4 is 15.5 Å². The summed E-state index contributed by atoms with van der Waals surface area (Å²) in [6, 6.07) is 12.3. The number of benzene rings is 1. The first-order chi connectivity index (χ1) is 10.7. The minimum Gasteiger partial charge on any atom is -0.469 e.